The van der Waals surface area contributed by atoms with E-state index < -0.39 is 10.0 Å². The van der Waals surface area contributed by atoms with Gasteiger partial charge in [0.05, 0.1) is 11.4 Å². The van der Waals surface area contributed by atoms with Crippen LogP contribution in [0.5, 0.6) is 0 Å². The van der Waals surface area contributed by atoms with Crippen LogP contribution in [-0.2, 0) is 21.2 Å². The van der Waals surface area contributed by atoms with Crippen molar-refractivity contribution in [3.8, 4) is 0 Å². The van der Waals surface area contributed by atoms with E-state index in [-0.39, 0.29) is 23.9 Å². The van der Waals surface area contributed by atoms with Crippen molar-refractivity contribution in [2.75, 3.05) is 18.4 Å². The zero-order valence-electron chi connectivity index (χ0n) is 18.1. The summed E-state index contributed by atoms with van der Waals surface area (Å²) in [6.45, 7) is 5.49. The number of nitrogens with one attached hydrogen (secondary N) is 1. The van der Waals surface area contributed by atoms with E-state index in [0.717, 1.165) is 11.1 Å². The maximum Gasteiger partial charge on any atom is 0.244 e. The fraction of sp³-hybridized carbons (Fsp3) is 0.240. The Kier molecular flexibility index (Phi) is 7.25. The lowest BCUT2D eigenvalue weighted by Crippen LogP contribution is -2.39. The molecule has 0 atom stereocenters. The molecule has 5 nitrogen and oxygen atoms in total. The average molecular weight is 437 g/mol. The molecule has 0 radical (unpaired) electrons. The van der Waals surface area contributed by atoms with Crippen molar-refractivity contribution in [2.45, 2.75) is 32.1 Å². The summed E-state index contributed by atoms with van der Waals surface area (Å²) in [5.74, 6) is -0.370. The van der Waals surface area contributed by atoms with Crippen molar-refractivity contribution in [2.24, 2.45) is 0 Å². The van der Waals surface area contributed by atoms with E-state index in [2.05, 4.69) is 5.32 Å². The smallest absolute Gasteiger partial charge is 0.244 e. The Bertz CT molecular complexity index is 1120. The molecule has 0 aromatic heterocycles. The van der Waals surface area contributed by atoms with E-state index >= 15 is 0 Å². The molecule has 162 valence electrons. The lowest BCUT2D eigenvalue weighted by Gasteiger charge is -2.24. The maximum absolute atomic E-state index is 13.6. The first-order valence-electron chi connectivity index (χ1n) is 10.2. The predicted molar refractivity (Wildman–Crippen MR) is 125 cm³/mol. The molecule has 31 heavy (non-hydrogen) atoms. The van der Waals surface area contributed by atoms with Crippen LogP contribution in [0.25, 0.3) is 0 Å². The van der Waals surface area contributed by atoms with Gasteiger partial charge in [0.15, 0.2) is 0 Å². The van der Waals surface area contributed by atoms with Gasteiger partial charge in [-0.25, -0.2) is 8.42 Å². The van der Waals surface area contributed by atoms with Gasteiger partial charge in [-0.2, -0.15) is 4.31 Å². The van der Waals surface area contributed by atoms with Crippen LogP contribution < -0.4 is 5.32 Å². The van der Waals surface area contributed by atoms with Crippen LogP contribution in [0.2, 0.25) is 0 Å². The Morgan fingerprint density at radius 1 is 0.871 bits per heavy atom. The lowest BCUT2D eigenvalue weighted by atomic mass is 10.1. The summed E-state index contributed by atoms with van der Waals surface area (Å²) in [7, 11) is -3.86. The van der Waals surface area contributed by atoms with Gasteiger partial charge in [-0.3, -0.25) is 4.79 Å². The number of anilines is 1. The second kappa shape index (κ2) is 9.90. The Labute approximate surface area is 184 Å². The fourth-order valence-corrected chi connectivity index (χ4v) is 5.58. The molecule has 0 saturated carbocycles. The van der Waals surface area contributed by atoms with E-state index in [1.54, 1.807) is 26.0 Å². The van der Waals surface area contributed by atoms with Gasteiger partial charge in [-0.05, 0) is 56.0 Å². The maximum atomic E-state index is 13.6. The van der Waals surface area contributed by atoms with Crippen LogP contribution in [-0.4, -0.2) is 31.7 Å². The monoisotopic (exact) mass is 436 g/mol. The Morgan fingerprint density at radius 3 is 2.00 bits per heavy atom. The largest absolute Gasteiger partial charge is 0.325 e. The van der Waals surface area contributed by atoms with E-state index in [0.29, 0.717) is 23.2 Å². The summed E-state index contributed by atoms with van der Waals surface area (Å²) < 4.78 is 28.6. The predicted octanol–water partition coefficient (Wildman–Crippen LogP) is 4.48. The van der Waals surface area contributed by atoms with Crippen LogP contribution >= 0.6 is 0 Å². The third-order valence-electron chi connectivity index (χ3n) is 5.07. The minimum Gasteiger partial charge on any atom is -0.325 e. The van der Waals surface area contributed by atoms with Crippen molar-refractivity contribution < 1.29 is 13.2 Å². The molecule has 3 rings (SSSR count). The molecule has 0 aliphatic heterocycles. The van der Waals surface area contributed by atoms with Gasteiger partial charge in [0.2, 0.25) is 15.9 Å². The number of hydrogen-bond acceptors (Lipinski definition) is 3. The normalized spacial score (nSPS) is 11.5. The summed E-state index contributed by atoms with van der Waals surface area (Å²) in [4.78, 5) is 13.0. The highest BCUT2D eigenvalue weighted by molar-refractivity contribution is 7.89. The van der Waals surface area contributed by atoms with Gasteiger partial charge in [-0.1, -0.05) is 66.2 Å². The van der Waals surface area contributed by atoms with Crippen LogP contribution in [0.3, 0.4) is 0 Å². The Morgan fingerprint density at radius 2 is 1.42 bits per heavy atom. The third-order valence-corrected chi connectivity index (χ3v) is 7.22. The molecule has 0 aliphatic rings. The second-order valence-electron chi connectivity index (χ2n) is 7.72. The van der Waals surface area contributed by atoms with E-state index in [4.69, 9.17) is 0 Å². The molecule has 6 heteroatoms. The summed E-state index contributed by atoms with van der Waals surface area (Å²) >= 11 is 0. The Hall–Kier alpha value is -2.96. The fourth-order valence-electron chi connectivity index (χ4n) is 3.77. The molecule has 1 amide bonds. The van der Waals surface area contributed by atoms with Gasteiger partial charge >= 0.3 is 0 Å². The molecule has 0 spiro atoms. The Balaban J connectivity index is 1.89. The number of aryl methyl sites for hydroxylation is 3. The number of nitrogens with zero attached hydrogens (tertiary/aromatic N) is 1. The SMILES string of the molecule is Cc1cc(C)c(S(=O)(=O)N(CCc2ccccc2)CC(=O)Nc2ccccc2)c(C)c1. The molecular formula is C25H28N2O3S. The second-order valence-corrected chi connectivity index (χ2v) is 9.59. The molecule has 0 aliphatic carbocycles. The molecule has 0 unspecified atom stereocenters. The minimum absolute atomic E-state index is 0.210. The van der Waals surface area contributed by atoms with E-state index in [1.807, 2.05) is 67.6 Å². The molecule has 0 saturated heterocycles. The van der Waals surface area contributed by atoms with E-state index in [1.165, 1.54) is 4.31 Å². The molecule has 3 aromatic rings. The van der Waals surface area contributed by atoms with Crippen molar-refractivity contribution in [1.82, 2.24) is 4.31 Å². The minimum atomic E-state index is -3.86. The molecule has 1 N–H and O–H groups in total. The van der Waals surface area contributed by atoms with Crippen LogP contribution in [0.15, 0.2) is 77.7 Å². The number of para-hydroxylation sites is 1. The van der Waals surface area contributed by atoms with Crippen LogP contribution in [0.1, 0.15) is 22.3 Å². The molecule has 0 bridgehead atoms. The summed E-state index contributed by atoms with van der Waals surface area (Å²) in [5, 5.41) is 2.79. The number of hydrogen-bond donors (Lipinski definition) is 1. The van der Waals surface area contributed by atoms with Gasteiger partial charge in [0.25, 0.3) is 0 Å². The van der Waals surface area contributed by atoms with Crippen molar-refractivity contribution in [3.05, 3.63) is 95.1 Å². The number of carbonyl (C=O) groups is 1. The number of amides is 1. The standard InChI is InChI=1S/C25H28N2O3S/c1-19-16-20(2)25(21(3)17-19)31(29,30)27(15-14-22-10-6-4-7-11-22)18-24(28)26-23-12-8-5-9-13-23/h4-13,16-17H,14-15,18H2,1-3H3,(H,26,28). The number of rotatable bonds is 8. The first-order valence-corrected chi connectivity index (χ1v) is 11.7. The van der Waals surface area contributed by atoms with E-state index in [9.17, 15) is 13.2 Å². The van der Waals surface area contributed by atoms with Crippen molar-refractivity contribution >= 4 is 21.6 Å². The number of sulfonamides is 1. The highest BCUT2D eigenvalue weighted by atomic mass is 32.2. The molecule has 0 heterocycles. The van der Waals surface area contributed by atoms with Gasteiger partial charge in [-0.15, -0.1) is 0 Å². The van der Waals surface area contributed by atoms with Crippen molar-refractivity contribution in [3.63, 3.8) is 0 Å². The van der Waals surface area contributed by atoms with Gasteiger partial charge in [0.1, 0.15) is 0 Å². The molecule has 3 aromatic carbocycles. The first-order chi connectivity index (χ1) is 14.8. The number of benzene rings is 3. The highest BCUT2D eigenvalue weighted by Crippen LogP contribution is 2.25. The van der Waals surface area contributed by atoms with Gasteiger partial charge < -0.3 is 5.32 Å². The lowest BCUT2D eigenvalue weighted by molar-refractivity contribution is -0.116. The quantitative estimate of drug-likeness (QED) is 0.566. The summed E-state index contributed by atoms with van der Waals surface area (Å²) in [6.07, 6.45) is 0.517. The third kappa shape index (κ3) is 5.81. The van der Waals surface area contributed by atoms with Crippen LogP contribution in [0.4, 0.5) is 5.69 Å². The summed E-state index contributed by atoms with van der Waals surface area (Å²) in [6, 6.07) is 22.4. The average Bonchev–Trinajstić information content (AvgIpc) is 2.71. The molecule has 0 fully saturated rings. The van der Waals surface area contributed by atoms with Gasteiger partial charge in [0, 0.05) is 12.2 Å². The first kappa shape index (κ1) is 22.7. The topological polar surface area (TPSA) is 66.5 Å². The zero-order valence-corrected chi connectivity index (χ0v) is 18.9. The molecular weight excluding hydrogens is 408 g/mol. The summed E-state index contributed by atoms with van der Waals surface area (Å²) in [5.41, 5.74) is 4.03. The zero-order chi connectivity index (χ0) is 22.4. The highest BCUT2D eigenvalue weighted by Gasteiger charge is 2.29. The number of carbonyl (C=O) groups excluding carboxylic acids is 1. The van der Waals surface area contributed by atoms with Crippen molar-refractivity contribution in [1.29, 1.82) is 0 Å². The van der Waals surface area contributed by atoms with Crippen LogP contribution in [0, 0.1) is 20.8 Å².